The number of carbonyl (C=O) groups is 8. The number of fused-ring (bicyclic) bond motifs is 15. The number of aliphatic carboxylic acids is 1. The smallest absolute Gasteiger partial charge is 0.339 e. The number of phenols is 3. The number of hydrogen-bond acceptors (Lipinski definition) is 29. The van der Waals surface area contributed by atoms with Crippen molar-refractivity contribution in [3.63, 3.8) is 0 Å². The van der Waals surface area contributed by atoms with Gasteiger partial charge in [0, 0.05) is 55.3 Å². The van der Waals surface area contributed by atoms with Gasteiger partial charge in [-0.05, 0) is 116 Å². The second-order valence-electron chi connectivity index (χ2n) is 31.6. The quantitative estimate of drug-likeness (QED) is 0.0131. The summed E-state index contributed by atoms with van der Waals surface area (Å²) in [5.41, 5.74) is 0.321. The first kappa shape index (κ1) is 95.5. The van der Waals surface area contributed by atoms with Crippen LogP contribution in [0.1, 0.15) is 169 Å². The van der Waals surface area contributed by atoms with Crippen LogP contribution in [0.4, 0.5) is 0 Å². The Hall–Kier alpha value is -9.69. The van der Waals surface area contributed by atoms with Crippen molar-refractivity contribution in [3.05, 3.63) is 121 Å². The lowest BCUT2D eigenvalue weighted by molar-refractivity contribution is -0.334. The predicted molar refractivity (Wildman–Crippen MR) is 437 cm³/mol. The summed E-state index contributed by atoms with van der Waals surface area (Å²) < 4.78 is 51.4. The van der Waals surface area contributed by atoms with Crippen molar-refractivity contribution in [2.75, 3.05) is 39.6 Å². The molecule has 0 radical (unpaired) electrons. The van der Waals surface area contributed by atoms with Gasteiger partial charge in [0.2, 0.25) is 53.4 Å². The van der Waals surface area contributed by atoms with Gasteiger partial charge in [-0.15, -0.1) is 4.91 Å². The van der Waals surface area contributed by atoms with Crippen molar-refractivity contribution in [2.24, 2.45) is 16.9 Å². The maximum absolute atomic E-state index is 16.4. The minimum absolute atomic E-state index is 0.0706. The van der Waals surface area contributed by atoms with Crippen LogP contribution in [0.2, 0.25) is 10.0 Å². The average Bonchev–Trinajstić information content (AvgIpc) is 0.684. The first-order chi connectivity index (χ1) is 58.2. The Kier molecular flexibility index (Phi) is 32.5. The number of ether oxygens (including phenoxy) is 6. The van der Waals surface area contributed by atoms with Gasteiger partial charge < -0.3 is 143 Å². The molecule has 2 fully saturated rings. The zero-order chi connectivity index (χ0) is 89.8. The largest absolute Gasteiger partial charge is 0.507 e. The minimum Gasteiger partial charge on any atom is -0.507 e. The number of unbranched alkanes of at least 4 members (excludes halogenated alkanes) is 7. The monoisotopic (exact) mass is 1780 g/mol. The topological polar surface area (TPSA) is 619 Å². The number of carbonyl (C=O) groups excluding carboxylic acids is 7. The Bertz CT molecular complexity index is 4750. The van der Waals surface area contributed by atoms with Crippen LogP contribution in [0.25, 0.3) is 11.1 Å². The van der Waals surface area contributed by atoms with E-state index in [0.29, 0.717) is 13.1 Å². The van der Waals surface area contributed by atoms with Gasteiger partial charge in [0.25, 0.3) is 0 Å². The molecule has 672 valence electrons. The molecule has 7 aliphatic rings. The molecule has 40 nitrogen and oxygen atoms in total. The molecule has 2 saturated heterocycles. The number of primary amides is 1. The van der Waals surface area contributed by atoms with Crippen LogP contribution in [0, 0.1) is 10.8 Å². The zero-order valence-electron chi connectivity index (χ0n) is 67.9. The molecule has 12 rings (SSSR count). The van der Waals surface area contributed by atoms with Gasteiger partial charge in [-0.1, -0.05) is 107 Å². The number of aliphatic hydroxyl groups is 6. The number of phenolic OH excluding ortho intramolecular Hbond substituents is 3. The van der Waals surface area contributed by atoms with Crippen molar-refractivity contribution in [1.29, 1.82) is 0 Å². The first-order valence-electron chi connectivity index (χ1n) is 40.0. The lowest BCUT2D eigenvalue weighted by Gasteiger charge is -2.48. The van der Waals surface area contributed by atoms with E-state index in [2.05, 4.69) is 60.1 Å². The number of aliphatic hydroxyl groups excluding tert-OH is 6. The second kappa shape index (κ2) is 41.9. The van der Waals surface area contributed by atoms with Crippen LogP contribution in [0.3, 0.4) is 0 Å². The summed E-state index contributed by atoms with van der Waals surface area (Å²) in [6, 6.07) is -3.42. The number of likely N-dealkylation sites (N-methyl/N-ethyl adjacent to an activating group) is 1. The SMILES string of the molecule is CCCCCCCCCCNCCN[C@@]1(C)C[C@H](O[C@H]2[C@H](Oc3c4cc5cc3Oc3ccc(cc3Cl)[C@@H](O)[C@@H](NC(=O)[C@@H](CC(C)C)N(C)N=O)C(=O)N[C@@H](CC(N)=O)C(=O)N[C@H]5C(=O)N[C@H]3C(=O)N[C@H](C(=O)N[C@H](C(=O)O)c5cc(O)c(CNCP(=O)(O)O)c(O)c5-c5cc3ccc5O)[C@H](O)c3ccc(c(Cl)c3)O4)O[C@H](CO)[C@@H](O)[C@@H]2O)O[C@@H](C)[C@H]1O. The maximum Gasteiger partial charge on any atom is 0.339 e. The van der Waals surface area contributed by atoms with E-state index in [0.717, 1.165) is 116 Å². The minimum atomic E-state index is -4.86. The molecule has 18 atom stereocenters. The number of carboxylic acid groups (broad SMARTS) is 1. The molecule has 0 aromatic heterocycles. The number of nitrogens with one attached hydrogen (secondary N) is 9. The molecule has 5 aromatic carbocycles. The Morgan fingerprint density at radius 3 is 1.93 bits per heavy atom. The summed E-state index contributed by atoms with van der Waals surface area (Å²) in [5, 5.41) is 144. The van der Waals surface area contributed by atoms with Crippen LogP contribution in [0.5, 0.6) is 46.0 Å². The van der Waals surface area contributed by atoms with Crippen molar-refractivity contribution in [2.45, 2.75) is 221 Å². The van der Waals surface area contributed by atoms with E-state index in [4.69, 9.17) is 57.4 Å². The zero-order valence-corrected chi connectivity index (χ0v) is 70.3. The summed E-state index contributed by atoms with van der Waals surface area (Å²) >= 11 is 14.3. The van der Waals surface area contributed by atoms with Crippen molar-refractivity contribution in [1.82, 2.24) is 52.9 Å². The van der Waals surface area contributed by atoms with E-state index in [1.807, 2.05) is 0 Å². The molecule has 0 spiro atoms. The fourth-order valence-electron chi connectivity index (χ4n) is 15.3. The van der Waals surface area contributed by atoms with Crippen LogP contribution in [-0.2, 0) is 63.7 Å². The highest BCUT2D eigenvalue weighted by Gasteiger charge is 2.52. The molecule has 7 aliphatic heterocycles. The summed E-state index contributed by atoms with van der Waals surface area (Å²) in [6.07, 6.45) is -11.2. The molecular formula is C80H105Cl2N12O28P. The molecule has 11 bridgehead atoms. The number of hydrogen-bond donors (Lipinski definition) is 22. The van der Waals surface area contributed by atoms with E-state index >= 15 is 24.0 Å². The third-order valence-electron chi connectivity index (χ3n) is 21.9. The Morgan fingerprint density at radius 1 is 0.715 bits per heavy atom. The number of benzene rings is 5. The molecule has 43 heteroatoms. The number of rotatable bonds is 31. The highest BCUT2D eigenvalue weighted by atomic mass is 35.5. The lowest BCUT2D eigenvalue weighted by atomic mass is 9.85. The number of halogens is 2. The lowest BCUT2D eigenvalue weighted by Crippen LogP contribution is -2.65. The molecule has 7 amide bonds. The highest BCUT2D eigenvalue weighted by molar-refractivity contribution is 7.51. The molecule has 0 saturated carbocycles. The Morgan fingerprint density at radius 2 is 1.33 bits per heavy atom. The normalized spacial score (nSPS) is 26.4. The molecule has 0 unspecified atom stereocenters. The third-order valence-corrected chi connectivity index (χ3v) is 23.1. The average molecular weight is 1780 g/mol. The molecule has 5 aromatic rings. The predicted octanol–water partition coefficient (Wildman–Crippen LogP) is 3.09. The van der Waals surface area contributed by atoms with Crippen molar-refractivity contribution < 1.29 is 132 Å². The van der Waals surface area contributed by atoms with Crippen molar-refractivity contribution >= 4 is 78.1 Å². The standard InChI is InChI=1S/C80H105Cl2N12O28P/c1-7-8-9-10-11-12-13-14-21-84-22-23-86-80(5)32-57(117-37(4)71(80)104)121-70-68(103)67(102)55(34-95)120-79(70)122-69-53-28-41-29-54(69)119-52-20-17-40(27-46(52)82)65(100)63-77(110)90-61(78(111)112)43-30-50(97)44(33-85-35-123(114,115)116)66(101)58(43)42-25-38(15-18-49(42)96)59(74(107)92-63)89-75(108)60(41)88-72(105)47(31-56(83)98)87-76(109)62(64(99)39-16-19-51(118-53)45(81)26-39)91-73(106)48(24-36(2)3)94(6)93-113/h15-20,25-30,36-37,47-48,55,57,59-65,67-68,70-71,79,84-86,95-97,99-104H,7-14,21-24,31-35H2,1-6H3,(H2,83,98)(H,87,109)(H,88,105)(H,89,108)(H,90,110)(H,91,106)(H,92,107)(H,111,112)(H2,114,115,116)/t37-,47-,48+,55+,57-,59+,60+,61-,62+,63-,64+,65+,67+,68-,70+,71+,79-,80-/m0/s1. The maximum atomic E-state index is 16.4. The van der Waals surface area contributed by atoms with Crippen LogP contribution in [-0.4, -0.2) is 232 Å². The van der Waals surface area contributed by atoms with Gasteiger partial charge in [-0.3, -0.25) is 43.1 Å². The summed E-state index contributed by atoms with van der Waals surface area (Å²) in [4.78, 5) is 151. The molecule has 123 heavy (non-hydrogen) atoms. The van der Waals surface area contributed by atoms with Gasteiger partial charge in [-0.2, -0.15) is 0 Å². The van der Waals surface area contributed by atoms with E-state index in [1.54, 1.807) is 27.7 Å². The fraction of sp³-hybridized carbons (Fsp3) is 0.525. The summed E-state index contributed by atoms with van der Waals surface area (Å²) in [5.74, 6) is -18.0. The van der Waals surface area contributed by atoms with Crippen LogP contribution < -0.4 is 67.8 Å². The molecule has 23 N–H and O–H groups in total. The van der Waals surface area contributed by atoms with E-state index in [1.165, 1.54) is 26.3 Å². The summed E-state index contributed by atoms with van der Waals surface area (Å²) in [6.45, 7) is 8.68. The third kappa shape index (κ3) is 23.3. The molecule has 7 heterocycles. The van der Waals surface area contributed by atoms with E-state index in [-0.39, 0.29) is 29.9 Å². The number of nitroso groups, excluding NO2 is 1. The second-order valence-corrected chi connectivity index (χ2v) is 34.1. The van der Waals surface area contributed by atoms with E-state index in [9.17, 15) is 84.7 Å². The Labute approximate surface area is 715 Å². The molecular weight excluding hydrogens is 1680 g/mol. The van der Waals surface area contributed by atoms with E-state index < -0.39 is 279 Å². The number of carboxylic acids is 1. The van der Waals surface area contributed by atoms with Crippen molar-refractivity contribution in [3.8, 4) is 57.1 Å². The fourth-order valence-corrected chi connectivity index (χ4v) is 16.1. The highest BCUT2D eigenvalue weighted by Crippen LogP contribution is 2.51. The van der Waals surface area contributed by atoms with Crippen LogP contribution >= 0.6 is 30.8 Å². The van der Waals surface area contributed by atoms with Crippen LogP contribution in [0.15, 0.2) is 78.1 Å². The number of nitrogens with two attached hydrogens (primary N) is 1. The van der Waals surface area contributed by atoms with Gasteiger partial charge in [0.05, 0.1) is 52.4 Å². The molecule has 0 aliphatic carbocycles. The van der Waals surface area contributed by atoms with Gasteiger partial charge >= 0.3 is 13.6 Å². The Balaban J connectivity index is 1.18. The van der Waals surface area contributed by atoms with Gasteiger partial charge in [-0.25, -0.2) is 4.79 Å². The number of amides is 7. The summed E-state index contributed by atoms with van der Waals surface area (Å²) in [7, 11) is -3.69. The van der Waals surface area contributed by atoms with Gasteiger partial charge in [0.15, 0.2) is 29.9 Å². The first-order valence-corrected chi connectivity index (χ1v) is 42.6. The number of nitrogens with zero attached hydrogens (tertiary/aromatic N) is 2. The van der Waals surface area contributed by atoms with Gasteiger partial charge in [0.1, 0.15) is 95.5 Å². The number of aromatic hydroxyl groups is 3.